The SMILES string of the molecule is COc1ccccc1C1(N[C@@H](Cc2cccnc2)C(=O)N(C)C)C(=O)Nc2ccc(Cl)cc21. The number of halogens is 1. The monoisotopic (exact) mass is 464 g/mol. The molecule has 1 unspecified atom stereocenters. The molecule has 0 radical (unpaired) electrons. The van der Waals surface area contributed by atoms with Crippen LogP contribution < -0.4 is 15.4 Å². The van der Waals surface area contributed by atoms with E-state index in [0.29, 0.717) is 34.0 Å². The number of pyridine rings is 1. The van der Waals surface area contributed by atoms with Gasteiger partial charge in [-0.15, -0.1) is 0 Å². The van der Waals surface area contributed by atoms with Gasteiger partial charge >= 0.3 is 0 Å². The maximum Gasteiger partial charge on any atom is 0.254 e. The van der Waals surface area contributed by atoms with Crippen molar-refractivity contribution in [1.29, 1.82) is 0 Å². The summed E-state index contributed by atoms with van der Waals surface area (Å²) < 4.78 is 5.63. The minimum Gasteiger partial charge on any atom is -0.496 e. The fourth-order valence-corrected chi connectivity index (χ4v) is 4.42. The summed E-state index contributed by atoms with van der Waals surface area (Å²) in [6, 6.07) is 15.5. The molecule has 7 nitrogen and oxygen atoms in total. The van der Waals surface area contributed by atoms with E-state index in [9.17, 15) is 9.59 Å². The summed E-state index contributed by atoms with van der Waals surface area (Å²) in [7, 11) is 4.93. The van der Waals surface area contributed by atoms with Crippen molar-refractivity contribution in [2.24, 2.45) is 0 Å². The third kappa shape index (κ3) is 4.17. The molecule has 4 rings (SSSR count). The van der Waals surface area contributed by atoms with Crippen LogP contribution in [0.25, 0.3) is 0 Å². The molecule has 0 fully saturated rings. The fourth-order valence-electron chi connectivity index (χ4n) is 4.24. The van der Waals surface area contributed by atoms with Gasteiger partial charge in [-0.25, -0.2) is 0 Å². The largest absolute Gasteiger partial charge is 0.496 e. The number of nitrogens with one attached hydrogen (secondary N) is 2. The number of hydrogen-bond acceptors (Lipinski definition) is 5. The van der Waals surface area contributed by atoms with E-state index in [4.69, 9.17) is 16.3 Å². The summed E-state index contributed by atoms with van der Waals surface area (Å²) in [5.74, 6) is 0.0359. The molecule has 2 amide bonds. The molecule has 0 saturated heterocycles. The molecular weight excluding hydrogens is 440 g/mol. The van der Waals surface area contributed by atoms with Crippen LogP contribution in [-0.4, -0.2) is 48.9 Å². The number of carbonyl (C=O) groups is 2. The number of benzene rings is 2. The predicted octanol–water partition coefficient (Wildman–Crippen LogP) is 3.23. The van der Waals surface area contributed by atoms with E-state index < -0.39 is 11.6 Å². The standard InChI is InChI=1S/C25H25ClN4O3/c1-30(2)23(31)21(13-16-7-6-12-27-15-16)29-25(18-8-4-5-9-22(18)33-3)19-14-17(26)10-11-20(19)28-24(25)32/h4-12,14-15,21,29H,13H2,1-3H3,(H,28,32)/t21-,25?/m0/s1. The van der Waals surface area contributed by atoms with E-state index >= 15 is 0 Å². The van der Waals surface area contributed by atoms with E-state index in [1.165, 1.54) is 4.90 Å². The number of likely N-dealkylation sites (N-methyl/N-ethyl adjacent to an activating group) is 1. The lowest BCUT2D eigenvalue weighted by Gasteiger charge is -2.35. The first-order valence-corrected chi connectivity index (χ1v) is 10.9. The molecular formula is C25H25ClN4O3. The molecule has 2 N–H and O–H groups in total. The molecule has 1 aliphatic heterocycles. The van der Waals surface area contributed by atoms with Gasteiger partial charge in [0, 0.05) is 48.3 Å². The molecule has 2 atom stereocenters. The Morgan fingerprint density at radius 2 is 1.97 bits per heavy atom. The number of amides is 2. The van der Waals surface area contributed by atoms with Crippen molar-refractivity contribution >= 4 is 29.1 Å². The van der Waals surface area contributed by atoms with Gasteiger partial charge in [-0.05, 0) is 42.3 Å². The summed E-state index contributed by atoms with van der Waals surface area (Å²) in [5, 5.41) is 6.84. The van der Waals surface area contributed by atoms with Crippen molar-refractivity contribution in [3.05, 3.63) is 88.7 Å². The number of carbonyl (C=O) groups excluding carboxylic acids is 2. The van der Waals surface area contributed by atoms with Crippen LogP contribution in [0.4, 0.5) is 5.69 Å². The number of hydrogen-bond donors (Lipinski definition) is 2. The van der Waals surface area contributed by atoms with Gasteiger partial charge in [0.05, 0.1) is 13.2 Å². The highest BCUT2D eigenvalue weighted by Crippen LogP contribution is 2.45. The Bertz CT molecular complexity index is 1190. The van der Waals surface area contributed by atoms with Crippen molar-refractivity contribution in [3.63, 3.8) is 0 Å². The number of para-hydroxylation sites is 1. The molecule has 8 heteroatoms. The minimum atomic E-state index is -1.40. The number of ether oxygens (including phenoxy) is 1. The third-order valence-electron chi connectivity index (χ3n) is 5.78. The normalized spacial score (nSPS) is 17.8. The van der Waals surface area contributed by atoms with Crippen molar-refractivity contribution in [3.8, 4) is 5.75 Å². The Labute approximate surface area is 197 Å². The number of nitrogens with zero attached hydrogens (tertiary/aromatic N) is 2. The molecule has 1 aromatic heterocycles. The van der Waals surface area contributed by atoms with Gasteiger partial charge < -0.3 is 15.0 Å². The Morgan fingerprint density at radius 3 is 2.67 bits per heavy atom. The van der Waals surface area contributed by atoms with Crippen molar-refractivity contribution in [2.75, 3.05) is 26.5 Å². The van der Waals surface area contributed by atoms with Crippen molar-refractivity contribution in [1.82, 2.24) is 15.2 Å². The molecule has 2 heterocycles. The fraction of sp³-hybridized carbons (Fsp3) is 0.240. The van der Waals surface area contributed by atoms with Gasteiger partial charge in [0.1, 0.15) is 5.75 Å². The number of fused-ring (bicyclic) bond motifs is 1. The number of aromatic nitrogens is 1. The van der Waals surface area contributed by atoms with Gasteiger partial charge in [0.15, 0.2) is 5.54 Å². The molecule has 2 aromatic carbocycles. The van der Waals surface area contributed by atoms with Crippen LogP contribution in [0.15, 0.2) is 67.0 Å². The lowest BCUT2D eigenvalue weighted by molar-refractivity contribution is -0.132. The molecule has 0 bridgehead atoms. The zero-order valence-corrected chi connectivity index (χ0v) is 19.4. The predicted molar refractivity (Wildman–Crippen MR) is 127 cm³/mol. The Morgan fingerprint density at radius 1 is 1.18 bits per heavy atom. The second kappa shape index (κ2) is 9.21. The first-order chi connectivity index (χ1) is 15.9. The van der Waals surface area contributed by atoms with Gasteiger partial charge in [-0.2, -0.15) is 0 Å². The number of rotatable bonds is 7. The summed E-state index contributed by atoms with van der Waals surface area (Å²) in [6.45, 7) is 0. The summed E-state index contributed by atoms with van der Waals surface area (Å²) in [4.78, 5) is 32.7. The molecule has 0 spiro atoms. The Kier molecular flexibility index (Phi) is 6.35. The zero-order valence-electron chi connectivity index (χ0n) is 18.6. The maximum absolute atomic E-state index is 13.7. The smallest absolute Gasteiger partial charge is 0.254 e. The molecule has 33 heavy (non-hydrogen) atoms. The van der Waals surface area contributed by atoms with Crippen LogP contribution in [-0.2, 0) is 21.5 Å². The van der Waals surface area contributed by atoms with Crippen LogP contribution >= 0.6 is 11.6 Å². The van der Waals surface area contributed by atoms with E-state index in [1.54, 1.807) is 57.9 Å². The quantitative estimate of drug-likeness (QED) is 0.561. The number of anilines is 1. The molecule has 1 aliphatic rings. The lowest BCUT2D eigenvalue weighted by atomic mass is 9.82. The van der Waals surface area contributed by atoms with Crippen LogP contribution in [0, 0.1) is 0 Å². The molecule has 0 saturated carbocycles. The summed E-state index contributed by atoms with van der Waals surface area (Å²) in [6.07, 6.45) is 3.73. The first-order valence-electron chi connectivity index (χ1n) is 10.5. The van der Waals surface area contributed by atoms with Crippen molar-refractivity contribution in [2.45, 2.75) is 18.0 Å². The van der Waals surface area contributed by atoms with Gasteiger partial charge in [-0.1, -0.05) is 35.9 Å². The van der Waals surface area contributed by atoms with Crippen LogP contribution in [0.2, 0.25) is 5.02 Å². The highest BCUT2D eigenvalue weighted by Gasteiger charge is 2.52. The third-order valence-corrected chi connectivity index (χ3v) is 6.01. The van der Waals surface area contributed by atoms with Crippen molar-refractivity contribution < 1.29 is 14.3 Å². The second-order valence-corrected chi connectivity index (χ2v) is 8.53. The molecule has 0 aliphatic carbocycles. The Balaban J connectivity index is 1.91. The minimum absolute atomic E-state index is 0.170. The Hall–Kier alpha value is -3.42. The van der Waals surface area contributed by atoms with Crippen LogP contribution in [0.3, 0.4) is 0 Å². The average Bonchev–Trinajstić information content (AvgIpc) is 3.09. The zero-order chi connectivity index (χ0) is 23.6. The highest BCUT2D eigenvalue weighted by atomic mass is 35.5. The van der Waals surface area contributed by atoms with Gasteiger partial charge in [0.2, 0.25) is 5.91 Å². The van der Waals surface area contributed by atoms with E-state index in [-0.39, 0.29) is 11.8 Å². The average molecular weight is 465 g/mol. The van der Waals surface area contributed by atoms with E-state index in [2.05, 4.69) is 15.6 Å². The highest BCUT2D eigenvalue weighted by molar-refractivity contribution is 6.31. The van der Waals surface area contributed by atoms with Gasteiger partial charge in [0.25, 0.3) is 5.91 Å². The number of methoxy groups -OCH3 is 1. The van der Waals surface area contributed by atoms with Gasteiger partial charge in [-0.3, -0.25) is 19.9 Å². The molecule has 170 valence electrons. The summed E-state index contributed by atoms with van der Waals surface area (Å²) in [5.41, 5.74) is 1.32. The molecule has 3 aromatic rings. The van der Waals surface area contributed by atoms with E-state index in [0.717, 1.165) is 5.56 Å². The van der Waals surface area contributed by atoms with Crippen LogP contribution in [0.1, 0.15) is 16.7 Å². The summed E-state index contributed by atoms with van der Waals surface area (Å²) >= 11 is 6.36. The topological polar surface area (TPSA) is 83.6 Å². The maximum atomic E-state index is 13.7. The van der Waals surface area contributed by atoms with E-state index in [1.807, 2.05) is 30.3 Å². The lowest BCUT2D eigenvalue weighted by Crippen LogP contribution is -2.58. The first kappa shape index (κ1) is 22.8. The second-order valence-electron chi connectivity index (χ2n) is 8.09. The van der Waals surface area contributed by atoms with Crippen LogP contribution in [0.5, 0.6) is 5.75 Å².